The zero-order valence-electron chi connectivity index (χ0n) is 16.3. The number of rotatable bonds is 8. The normalized spacial score (nSPS) is 10.3. The van der Waals surface area contributed by atoms with Crippen molar-refractivity contribution in [3.8, 4) is 11.5 Å². The number of ether oxygens (including phenoxy) is 4. The molecule has 0 aromatic heterocycles. The molecule has 1 amide bonds. The maximum absolute atomic E-state index is 12.0. The Morgan fingerprint density at radius 3 is 2.41 bits per heavy atom. The van der Waals surface area contributed by atoms with Crippen LogP contribution in [0.2, 0.25) is 0 Å². The Morgan fingerprint density at radius 2 is 1.72 bits per heavy atom. The van der Waals surface area contributed by atoms with E-state index in [1.54, 1.807) is 36.4 Å². The maximum Gasteiger partial charge on any atom is 0.339 e. The first-order valence-electron chi connectivity index (χ1n) is 8.53. The number of benzene rings is 2. The second-order valence-electron chi connectivity index (χ2n) is 5.61. The van der Waals surface area contributed by atoms with Crippen LogP contribution in [0, 0.1) is 0 Å². The fraction of sp³-hybridized carbons (Fsp3) is 0.190. The van der Waals surface area contributed by atoms with Gasteiger partial charge in [0.2, 0.25) is 0 Å². The van der Waals surface area contributed by atoms with Gasteiger partial charge in [0.1, 0.15) is 0 Å². The Kier molecular flexibility index (Phi) is 7.78. The van der Waals surface area contributed by atoms with Crippen LogP contribution >= 0.6 is 0 Å². The van der Waals surface area contributed by atoms with E-state index in [0.717, 1.165) is 0 Å². The number of methoxy groups -OCH3 is 3. The van der Waals surface area contributed by atoms with Crippen molar-refractivity contribution in [3.05, 3.63) is 59.7 Å². The molecular formula is C21H21NO7. The van der Waals surface area contributed by atoms with E-state index in [4.69, 9.17) is 14.2 Å². The van der Waals surface area contributed by atoms with E-state index < -0.39 is 24.5 Å². The van der Waals surface area contributed by atoms with Crippen LogP contribution in [0.15, 0.2) is 48.5 Å². The summed E-state index contributed by atoms with van der Waals surface area (Å²) >= 11 is 0. The van der Waals surface area contributed by atoms with Crippen molar-refractivity contribution in [1.29, 1.82) is 0 Å². The lowest BCUT2D eigenvalue weighted by Gasteiger charge is -2.10. The molecule has 0 aliphatic carbocycles. The van der Waals surface area contributed by atoms with Crippen LogP contribution in [0.25, 0.3) is 6.08 Å². The molecule has 0 aliphatic rings. The van der Waals surface area contributed by atoms with E-state index in [1.165, 1.54) is 39.5 Å². The molecule has 0 bridgehead atoms. The first-order chi connectivity index (χ1) is 14.0. The summed E-state index contributed by atoms with van der Waals surface area (Å²) in [5.74, 6) is -0.913. The highest BCUT2D eigenvalue weighted by Crippen LogP contribution is 2.31. The second-order valence-corrected chi connectivity index (χ2v) is 5.61. The molecule has 8 heteroatoms. The molecule has 0 atom stereocenters. The van der Waals surface area contributed by atoms with Gasteiger partial charge in [0.25, 0.3) is 5.91 Å². The summed E-state index contributed by atoms with van der Waals surface area (Å²) < 4.78 is 20.1. The van der Waals surface area contributed by atoms with Crippen LogP contribution in [-0.2, 0) is 19.1 Å². The van der Waals surface area contributed by atoms with Crippen molar-refractivity contribution >= 4 is 29.6 Å². The predicted octanol–water partition coefficient (Wildman–Crippen LogP) is 2.69. The average Bonchev–Trinajstić information content (AvgIpc) is 2.75. The number of esters is 2. The third-order valence-corrected chi connectivity index (χ3v) is 3.78. The van der Waals surface area contributed by atoms with E-state index in [2.05, 4.69) is 10.1 Å². The molecule has 2 aromatic rings. The highest BCUT2D eigenvalue weighted by atomic mass is 16.5. The number of nitrogens with one attached hydrogen (secondary N) is 1. The van der Waals surface area contributed by atoms with Gasteiger partial charge >= 0.3 is 11.9 Å². The number of para-hydroxylation sites is 2. The van der Waals surface area contributed by atoms with Gasteiger partial charge in [-0.3, -0.25) is 4.79 Å². The Labute approximate surface area is 168 Å². The maximum atomic E-state index is 12.0. The van der Waals surface area contributed by atoms with Crippen LogP contribution in [0.1, 0.15) is 15.9 Å². The first-order valence-corrected chi connectivity index (χ1v) is 8.53. The lowest BCUT2D eigenvalue weighted by molar-refractivity contribution is -0.142. The van der Waals surface area contributed by atoms with Gasteiger partial charge in [-0.1, -0.05) is 24.3 Å². The van der Waals surface area contributed by atoms with Crippen molar-refractivity contribution < 1.29 is 33.3 Å². The first kappa shape index (κ1) is 21.5. The van der Waals surface area contributed by atoms with Gasteiger partial charge in [-0.15, -0.1) is 0 Å². The molecule has 152 valence electrons. The fourth-order valence-electron chi connectivity index (χ4n) is 2.45. The Balaban J connectivity index is 1.96. The summed E-state index contributed by atoms with van der Waals surface area (Å²) in [6.07, 6.45) is 2.67. The van der Waals surface area contributed by atoms with Gasteiger partial charge in [-0.25, -0.2) is 9.59 Å². The smallest absolute Gasteiger partial charge is 0.339 e. The molecule has 0 fully saturated rings. The number of amides is 1. The van der Waals surface area contributed by atoms with Crippen molar-refractivity contribution in [2.45, 2.75) is 0 Å². The molecule has 2 rings (SSSR count). The fourth-order valence-corrected chi connectivity index (χ4v) is 2.45. The Morgan fingerprint density at radius 1 is 0.966 bits per heavy atom. The lowest BCUT2D eigenvalue weighted by atomic mass is 10.1. The summed E-state index contributed by atoms with van der Waals surface area (Å²) in [6.45, 7) is -0.520. The molecule has 0 radical (unpaired) electrons. The highest BCUT2D eigenvalue weighted by Gasteiger charge is 2.14. The van der Waals surface area contributed by atoms with E-state index in [1.807, 2.05) is 0 Å². The summed E-state index contributed by atoms with van der Waals surface area (Å²) in [7, 11) is 4.24. The predicted molar refractivity (Wildman–Crippen MR) is 106 cm³/mol. The van der Waals surface area contributed by atoms with Crippen LogP contribution in [0.3, 0.4) is 0 Å². The van der Waals surface area contributed by atoms with Gasteiger partial charge in [-0.2, -0.15) is 0 Å². The summed E-state index contributed by atoms with van der Waals surface area (Å²) in [6, 6.07) is 11.6. The molecule has 0 aliphatic heterocycles. The molecule has 2 aromatic carbocycles. The molecule has 0 saturated carbocycles. The SMILES string of the molecule is COC(=O)c1ccccc1NC(=O)COC(=O)/C=C/c1cccc(OC)c1OC. The van der Waals surface area contributed by atoms with Gasteiger partial charge in [-0.05, 0) is 24.3 Å². The third kappa shape index (κ3) is 5.83. The van der Waals surface area contributed by atoms with Gasteiger partial charge in [0.15, 0.2) is 18.1 Å². The minimum absolute atomic E-state index is 0.194. The van der Waals surface area contributed by atoms with E-state index >= 15 is 0 Å². The minimum Gasteiger partial charge on any atom is -0.493 e. The van der Waals surface area contributed by atoms with Crippen LogP contribution in [0.5, 0.6) is 11.5 Å². The monoisotopic (exact) mass is 399 g/mol. The lowest BCUT2D eigenvalue weighted by Crippen LogP contribution is -2.21. The summed E-state index contributed by atoms with van der Waals surface area (Å²) in [5.41, 5.74) is 1.07. The molecule has 0 saturated heterocycles. The van der Waals surface area contributed by atoms with Crippen LogP contribution < -0.4 is 14.8 Å². The highest BCUT2D eigenvalue weighted by molar-refractivity contribution is 6.02. The number of hydrogen-bond donors (Lipinski definition) is 1. The number of anilines is 1. The van der Waals surface area contributed by atoms with Crippen molar-refractivity contribution in [2.75, 3.05) is 33.3 Å². The van der Waals surface area contributed by atoms with Crippen molar-refractivity contribution in [2.24, 2.45) is 0 Å². The minimum atomic E-state index is -0.716. The second kappa shape index (κ2) is 10.5. The third-order valence-electron chi connectivity index (χ3n) is 3.78. The van der Waals surface area contributed by atoms with E-state index in [-0.39, 0.29) is 11.3 Å². The van der Waals surface area contributed by atoms with Crippen molar-refractivity contribution in [3.63, 3.8) is 0 Å². The molecule has 8 nitrogen and oxygen atoms in total. The summed E-state index contributed by atoms with van der Waals surface area (Å²) in [5, 5.41) is 2.51. The van der Waals surface area contributed by atoms with Gasteiger partial charge in [0.05, 0.1) is 32.6 Å². The zero-order chi connectivity index (χ0) is 21.2. The molecular weight excluding hydrogens is 378 g/mol. The van der Waals surface area contributed by atoms with Crippen molar-refractivity contribution in [1.82, 2.24) is 0 Å². The van der Waals surface area contributed by atoms with Crippen LogP contribution in [-0.4, -0.2) is 45.8 Å². The Hall–Kier alpha value is -3.81. The van der Waals surface area contributed by atoms with Gasteiger partial charge in [0, 0.05) is 11.6 Å². The quantitative estimate of drug-likeness (QED) is 0.538. The van der Waals surface area contributed by atoms with Gasteiger partial charge < -0.3 is 24.3 Å². The molecule has 29 heavy (non-hydrogen) atoms. The number of carbonyl (C=O) groups is 3. The van der Waals surface area contributed by atoms with E-state index in [0.29, 0.717) is 17.1 Å². The summed E-state index contributed by atoms with van der Waals surface area (Å²) in [4.78, 5) is 35.7. The Bertz CT molecular complexity index is 921. The topological polar surface area (TPSA) is 100 Å². The average molecular weight is 399 g/mol. The molecule has 1 N–H and O–H groups in total. The molecule has 0 unspecified atom stereocenters. The van der Waals surface area contributed by atoms with Crippen LogP contribution in [0.4, 0.5) is 5.69 Å². The van der Waals surface area contributed by atoms with E-state index in [9.17, 15) is 14.4 Å². The number of carbonyl (C=O) groups excluding carboxylic acids is 3. The standard InChI is InChI=1S/C21H21NO7/c1-26-17-10-6-7-14(20(17)27-2)11-12-19(24)29-13-18(23)22-16-9-5-4-8-15(16)21(25)28-3/h4-12H,13H2,1-3H3,(H,22,23)/b12-11+. The number of hydrogen-bond acceptors (Lipinski definition) is 7. The molecule has 0 spiro atoms. The largest absolute Gasteiger partial charge is 0.493 e. The zero-order valence-corrected chi connectivity index (χ0v) is 16.3. The molecule has 0 heterocycles.